The quantitative estimate of drug-likeness (QED) is 0.775. The molecule has 19 heavy (non-hydrogen) atoms. The SMILES string of the molecule is [c]1nnc2c(c1-c1ccc3c(c1)CCO3)OCCO2. The second-order valence-corrected chi connectivity index (χ2v) is 4.44. The molecule has 2 aromatic rings. The van der Waals surface area contributed by atoms with Crippen molar-refractivity contribution < 1.29 is 14.2 Å². The van der Waals surface area contributed by atoms with Crippen LogP contribution in [0.3, 0.4) is 0 Å². The van der Waals surface area contributed by atoms with Crippen LogP contribution in [0.15, 0.2) is 18.2 Å². The van der Waals surface area contributed by atoms with Gasteiger partial charge in [-0.3, -0.25) is 0 Å². The molecule has 1 aromatic heterocycles. The van der Waals surface area contributed by atoms with E-state index in [4.69, 9.17) is 14.2 Å². The second-order valence-electron chi connectivity index (χ2n) is 4.44. The average molecular weight is 255 g/mol. The highest BCUT2D eigenvalue weighted by molar-refractivity contribution is 5.72. The van der Waals surface area contributed by atoms with Gasteiger partial charge >= 0.3 is 0 Å². The Balaban J connectivity index is 1.84. The highest BCUT2D eigenvalue weighted by atomic mass is 16.6. The predicted molar refractivity (Wildman–Crippen MR) is 66.5 cm³/mol. The minimum atomic E-state index is 0.441. The van der Waals surface area contributed by atoms with E-state index >= 15 is 0 Å². The summed E-state index contributed by atoms with van der Waals surface area (Å²) in [5, 5.41) is 7.76. The Kier molecular flexibility index (Phi) is 2.30. The van der Waals surface area contributed by atoms with Crippen molar-refractivity contribution in [2.45, 2.75) is 6.42 Å². The molecular formula is C14H11N2O3. The van der Waals surface area contributed by atoms with E-state index in [2.05, 4.69) is 22.5 Å². The van der Waals surface area contributed by atoms with E-state index in [0.29, 0.717) is 24.8 Å². The number of aromatic nitrogens is 2. The van der Waals surface area contributed by atoms with E-state index in [9.17, 15) is 0 Å². The van der Waals surface area contributed by atoms with Crippen molar-refractivity contribution in [2.75, 3.05) is 19.8 Å². The van der Waals surface area contributed by atoms with Crippen LogP contribution < -0.4 is 14.2 Å². The van der Waals surface area contributed by atoms with E-state index < -0.39 is 0 Å². The molecule has 0 bridgehead atoms. The highest BCUT2D eigenvalue weighted by Crippen LogP contribution is 2.39. The van der Waals surface area contributed by atoms with Gasteiger partial charge in [0.2, 0.25) is 0 Å². The van der Waals surface area contributed by atoms with E-state index in [1.807, 2.05) is 12.1 Å². The number of ether oxygens (including phenoxy) is 3. The molecular weight excluding hydrogens is 244 g/mol. The second kappa shape index (κ2) is 4.12. The lowest BCUT2D eigenvalue weighted by Crippen LogP contribution is -2.17. The Hall–Kier alpha value is -2.30. The summed E-state index contributed by atoms with van der Waals surface area (Å²) in [4.78, 5) is 0. The summed E-state index contributed by atoms with van der Waals surface area (Å²) >= 11 is 0. The third-order valence-electron chi connectivity index (χ3n) is 3.27. The Morgan fingerprint density at radius 2 is 2.00 bits per heavy atom. The topological polar surface area (TPSA) is 53.5 Å². The maximum Gasteiger partial charge on any atom is 0.277 e. The summed E-state index contributed by atoms with van der Waals surface area (Å²) in [6.45, 7) is 1.77. The third kappa shape index (κ3) is 1.69. The summed E-state index contributed by atoms with van der Waals surface area (Å²) in [6, 6.07) is 6.05. The van der Waals surface area contributed by atoms with Gasteiger partial charge < -0.3 is 14.2 Å². The van der Waals surface area contributed by atoms with E-state index in [0.717, 1.165) is 29.9 Å². The lowest BCUT2D eigenvalue weighted by Gasteiger charge is -2.18. The van der Waals surface area contributed by atoms with Crippen LogP contribution in [-0.4, -0.2) is 30.0 Å². The minimum Gasteiger partial charge on any atom is -0.493 e. The number of fused-ring (bicyclic) bond motifs is 2. The average Bonchev–Trinajstić information content (AvgIpc) is 2.94. The van der Waals surface area contributed by atoms with Gasteiger partial charge in [0.1, 0.15) is 25.2 Å². The van der Waals surface area contributed by atoms with Crippen molar-refractivity contribution in [1.29, 1.82) is 0 Å². The summed E-state index contributed by atoms with van der Waals surface area (Å²) < 4.78 is 16.6. The number of benzene rings is 1. The lowest BCUT2D eigenvalue weighted by molar-refractivity contribution is 0.163. The Labute approximate surface area is 110 Å². The van der Waals surface area contributed by atoms with Crippen molar-refractivity contribution >= 4 is 0 Å². The monoisotopic (exact) mass is 255 g/mol. The van der Waals surface area contributed by atoms with Crippen LogP contribution in [0.25, 0.3) is 11.1 Å². The molecule has 0 aliphatic carbocycles. The molecule has 0 fully saturated rings. The predicted octanol–water partition coefficient (Wildman–Crippen LogP) is 1.65. The number of hydrogen-bond acceptors (Lipinski definition) is 5. The first-order valence-corrected chi connectivity index (χ1v) is 6.22. The van der Waals surface area contributed by atoms with Gasteiger partial charge in [-0.05, 0) is 23.3 Å². The number of rotatable bonds is 1. The highest BCUT2D eigenvalue weighted by Gasteiger charge is 2.21. The molecule has 5 nitrogen and oxygen atoms in total. The summed E-state index contributed by atoms with van der Waals surface area (Å²) in [7, 11) is 0. The van der Waals surface area contributed by atoms with Crippen molar-refractivity contribution in [3.05, 3.63) is 30.0 Å². The molecule has 1 aromatic carbocycles. The zero-order chi connectivity index (χ0) is 12.7. The third-order valence-corrected chi connectivity index (χ3v) is 3.27. The van der Waals surface area contributed by atoms with Crippen LogP contribution >= 0.6 is 0 Å². The van der Waals surface area contributed by atoms with Gasteiger partial charge in [0.25, 0.3) is 5.88 Å². The molecule has 0 saturated heterocycles. The van der Waals surface area contributed by atoms with Crippen LogP contribution in [0.4, 0.5) is 0 Å². The molecule has 0 saturated carbocycles. The van der Waals surface area contributed by atoms with Gasteiger partial charge in [0.15, 0.2) is 5.75 Å². The maximum absolute atomic E-state index is 5.64. The molecule has 95 valence electrons. The molecule has 3 heterocycles. The summed E-state index contributed by atoms with van der Waals surface area (Å²) in [5.74, 6) is 2.02. The molecule has 0 N–H and O–H groups in total. The van der Waals surface area contributed by atoms with Gasteiger partial charge in [-0.15, -0.1) is 10.2 Å². The van der Waals surface area contributed by atoms with Crippen molar-refractivity contribution in [3.63, 3.8) is 0 Å². The molecule has 0 spiro atoms. The van der Waals surface area contributed by atoms with E-state index in [1.54, 1.807) is 0 Å². The van der Waals surface area contributed by atoms with Crippen LogP contribution in [-0.2, 0) is 6.42 Å². The van der Waals surface area contributed by atoms with Crippen LogP contribution in [0.5, 0.6) is 17.4 Å². The van der Waals surface area contributed by atoms with Gasteiger partial charge in [-0.1, -0.05) is 6.07 Å². The first kappa shape index (κ1) is 10.6. The largest absolute Gasteiger partial charge is 0.493 e. The standard InChI is InChI=1S/C14H11N2O3/c1-2-12-10(3-4-17-12)7-9(1)11-8-15-16-14-13(11)18-5-6-19-14/h1-2,7H,3-6H2. The Bertz CT molecular complexity index is 643. The molecule has 0 unspecified atom stereocenters. The van der Waals surface area contributed by atoms with Gasteiger partial charge in [0.05, 0.1) is 12.2 Å². The molecule has 5 heteroatoms. The number of hydrogen-bond donors (Lipinski definition) is 0. The Morgan fingerprint density at radius 3 is 3.00 bits per heavy atom. The fourth-order valence-electron chi connectivity index (χ4n) is 2.37. The molecule has 2 aliphatic heterocycles. The zero-order valence-corrected chi connectivity index (χ0v) is 10.2. The van der Waals surface area contributed by atoms with Gasteiger partial charge in [-0.25, -0.2) is 0 Å². The molecule has 0 atom stereocenters. The van der Waals surface area contributed by atoms with Crippen LogP contribution in [0.1, 0.15) is 5.56 Å². The maximum atomic E-state index is 5.64. The molecule has 0 amide bonds. The summed E-state index contributed by atoms with van der Waals surface area (Å²) in [5.41, 5.74) is 2.99. The van der Waals surface area contributed by atoms with Gasteiger partial charge in [-0.2, -0.15) is 0 Å². The first-order valence-electron chi connectivity index (χ1n) is 6.22. The van der Waals surface area contributed by atoms with Crippen molar-refractivity contribution in [1.82, 2.24) is 10.2 Å². The first-order chi connectivity index (χ1) is 9.42. The number of nitrogens with zero attached hydrogens (tertiary/aromatic N) is 2. The minimum absolute atomic E-state index is 0.441. The van der Waals surface area contributed by atoms with Crippen LogP contribution in [0.2, 0.25) is 0 Å². The molecule has 4 rings (SSSR count). The normalized spacial score (nSPS) is 15.8. The van der Waals surface area contributed by atoms with Crippen LogP contribution in [0, 0.1) is 6.20 Å². The van der Waals surface area contributed by atoms with Crippen molar-refractivity contribution in [3.8, 4) is 28.5 Å². The lowest BCUT2D eigenvalue weighted by atomic mass is 10.0. The zero-order valence-electron chi connectivity index (χ0n) is 10.2. The van der Waals surface area contributed by atoms with Crippen molar-refractivity contribution in [2.24, 2.45) is 0 Å². The fraction of sp³-hybridized carbons (Fsp3) is 0.286. The van der Waals surface area contributed by atoms with E-state index in [1.165, 1.54) is 5.56 Å². The summed E-state index contributed by atoms with van der Waals surface area (Å²) in [6.07, 6.45) is 3.83. The Morgan fingerprint density at radius 1 is 1.05 bits per heavy atom. The fourth-order valence-corrected chi connectivity index (χ4v) is 2.37. The van der Waals surface area contributed by atoms with E-state index in [-0.39, 0.29) is 0 Å². The molecule has 2 aliphatic rings. The molecule has 1 radical (unpaired) electrons. The van der Waals surface area contributed by atoms with Gasteiger partial charge in [0, 0.05) is 6.42 Å². The smallest absolute Gasteiger partial charge is 0.277 e.